The summed E-state index contributed by atoms with van der Waals surface area (Å²) >= 11 is 0. The molecule has 4 heteroatoms. The van der Waals surface area contributed by atoms with Gasteiger partial charge in [-0.25, -0.2) is 0 Å². The zero-order valence-electron chi connectivity index (χ0n) is 14.1. The van der Waals surface area contributed by atoms with E-state index < -0.39 is 5.66 Å². The van der Waals surface area contributed by atoms with Gasteiger partial charge in [0.15, 0.2) is 0 Å². The smallest absolute Gasteiger partial charge is 0.222 e. The van der Waals surface area contributed by atoms with Crippen LogP contribution in [0.2, 0.25) is 0 Å². The van der Waals surface area contributed by atoms with E-state index in [1.807, 2.05) is 32.7 Å². The van der Waals surface area contributed by atoms with Crippen molar-refractivity contribution < 1.29 is 4.79 Å². The van der Waals surface area contributed by atoms with Gasteiger partial charge in [-0.15, -0.1) is 0 Å². The fourth-order valence-corrected chi connectivity index (χ4v) is 3.17. The molecule has 0 aromatic carbocycles. The van der Waals surface area contributed by atoms with Gasteiger partial charge in [-0.05, 0) is 39.5 Å². The quantitative estimate of drug-likeness (QED) is 0.699. The monoisotopic (exact) mass is 271 g/mol. The molecule has 0 aromatic heterocycles. The molecule has 0 radical (unpaired) electrons. The number of nitrogens with two attached hydrogens (primary N) is 1. The number of amides is 1. The standard InChI is InChI=1S/C15H33N3O/c1-9-12(19)18(8)11-13(2,3)10-14(4,5)17-15(6,7)16/h17H,9-11,16H2,1-8H3. The maximum Gasteiger partial charge on any atom is 0.222 e. The van der Waals surface area contributed by atoms with Gasteiger partial charge in [0.25, 0.3) is 0 Å². The van der Waals surface area contributed by atoms with Gasteiger partial charge < -0.3 is 10.6 Å². The van der Waals surface area contributed by atoms with Crippen LogP contribution in [0.25, 0.3) is 0 Å². The third-order valence-electron chi connectivity index (χ3n) is 2.97. The van der Waals surface area contributed by atoms with Gasteiger partial charge in [0, 0.05) is 25.6 Å². The first kappa shape index (κ1) is 18.4. The first-order chi connectivity index (χ1) is 8.28. The second-order valence-corrected chi connectivity index (χ2v) is 7.67. The maximum absolute atomic E-state index is 11.7. The van der Waals surface area contributed by atoms with Crippen LogP contribution in [0.15, 0.2) is 0 Å². The van der Waals surface area contributed by atoms with Gasteiger partial charge in [-0.1, -0.05) is 20.8 Å². The predicted octanol–water partition coefficient (Wildman–Crippen LogP) is 2.33. The van der Waals surface area contributed by atoms with Crippen LogP contribution < -0.4 is 11.1 Å². The highest BCUT2D eigenvalue weighted by Crippen LogP contribution is 2.29. The van der Waals surface area contributed by atoms with E-state index in [-0.39, 0.29) is 16.9 Å². The second kappa shape index (κ2) is 6.23. The minimum Gasteiger partial charge on any atom is -0.345 e. The summed E-state index contributed by atoms with van der Waals surface area (Å²) in [5.74, 6) is 0.193. The topological polar surface area (TPSA) is 58.4 Å². The number of carbonyl (C=O) groups is 1. The predicted molar refractivity (Wildman–Crippen MR) is 81.8 cm³/mol. The van der Waals surface area contributed by atoms with E-state index in [9.17, 15) is 4.79 Å². The third kappa shape index (κ3) is 8.22. The third-order valence-corrected chi connectivity index (χ3v) is 2.97. The molecular weight excluding hydrogens is 238 g/mol. The summed E-state index contributed by atoms with van der Waals surface area (Å²) in [4.78, 5) is 13.5. The van der Waals surface area contributed by atoms with E-state index in [2.05, 4.69) is 33.0 Å². The normalized spacial score (nSPS) is 13.5. The molecule has 0 fully saturated rings. The van der Waals surface area contributed by atoms with Crippen molar-refractivity contribution in [3.05, 3.63) is 0 Å². The Kier molecular flexibility index (Phi) is 6.03. The number of nitrogens with one attached hydrogen (secondary N) is 1. The van der Waals surface area contributed by atoms with Crippen LogP contribution in [0.3, 0.4) is 0 Å². The summed E-state index contributed by atoms with van der Waals surface area (Å²) in [6.45, 7) is 15.3. The summed E-state index contributed by atoms with van der Waals surface area (Å²) in [5, 5.41) is 3.44. The average molecular weight is 271 g/mol. The van der Waals surface area contributed by atoms with Gasteiger partial charge in [0.1, 0.15) is 0 Å². The van der Waals surface area contributed by atoms with Crippen LogP contribution in [0, 0.1) is 5.41 Å². The Balaban J connectivity index is 4.63. The number of rotatable bonds is 7. The van der Waals surface area contributed by atoms with Crippen molar-refractivity contribution in [1.29, 1.82) is 0 Å². The van der Waals surface area contributed by atoms with Crippen LogP contribution in [0.4, 0.5) is 0 Å². The summed E-state index contributed by atoms with van der Waals surface area (Å²) in [7, 11) is 1.88. The molecule has 0 unspecified atom stereocenters. The number of carbonyl (C=O) groups excluding carboxylic acids is 1. The first-order valence-electron chi connectivity index (χ1n) is 7.10. The van der Waals surface area contributed by atoms with Crippen LogP contribution in [0.5, 0.6) is 0 Å². The molecule has 19 heavy (non-hydrogen) atoms. The molecule has 0 aliphatic carbocycles. The van der Waals surface area contributed by atoms with Crippen LogP contribution >= 0.6 is 0 Å². The van der Waals surface area contributed by atoms with Crippen LogP contribution in [0.1, 0.15) is 61.3 Å². The molecule has 0 atom stereocenters. The summed E-state index contributed by atoms with van der Waals surface area (Å²) in [6.07, 6.45) is 1.51. The van der Waals surface area contributed by atoms with Gasteiger partial charge in [-0.2, -0.15) is 0 Å². The lowest BCUT2D eigenvalue weighted by Crippen LogP contribution is -2.58. The molecule has 4 nitrogen and oxygen atoms in total. The Morgan fingerprint density at radius 1 is 1.16 bits per heavy atom. The van der Waals surface area contributed by atoms with Crippen molar-refractivity contribution in [2.24, 2.45) is 11.1 Å². The molecule has 1 amide bonds. The van der Waals surface area contributed by atoms with Crippen LogP contribution in [-0.4, -0.2) is 35.6 Å². The summed E-state index contributed by atoms with van der Waals surface area (Å²) in [5.41, 5.74) is 5.61. The van der Waals surface area contributed by atoms with Gasteiger partial charge >= 0.3 is 0 Å². The Morgan fingerprint density at radius 2 is 1.63 bits per heavy atom. The van der Waals surface area contributed by atoms with Gasteiger partial charge in [-0.3, -0.25) is 10.1 Å². The van der Waals surface area contributed by atoms with E-state index in [4.69, 9.17) is 5.73 Å². The number of nitrogens with zero attached hydrogens (tertiary/aromatic N) is 1. The Bertz CT molecular complexity index is 303. The molecule has 0 spiro atoms. The average Bonchev–Trinajstić information content (AvgIpc) is 2.08. The highest BCUT2D eigenvalue weighted by molar-refractivity contribution is 5.75. The Labute approximate surface area is 119 Å². The fourth-order valence-electron chi connectivity index (χ4n) is 3.17. The minimum absolute atomic E-state index is 0.0430. The van der Waals surface area contributed by atoms with Crippen molar-refractivity contribution in [2.45, 2.75) is 72.5 Å². The second-order valence-electron chi connectivity index (χ2n) is 7.67. The zero-order valence-corrected chi connectivity index (χ0v) is 14.1. The molecule has 0 bridgehead atoms. The van der Waals surface area contributed by atoms with Crippen molar-refractivity contribution in [3.63, 3.8) is 0 Å². The van der Waals surface area contributed by atoms with E-state index in [0.717, 1.165) is 13.0 Å². The molecular formula is C15H33N3O. The summed E-state index contributed by atoms with van der Waals surface area (Å²) in [6, 6.07) is 0. The molecule has 0 aliphatic rings. The Morgan fingerprint density at radius 3 is 2.00 bits per heavy atom. The van der Waals surface area contributed by atoms with Crippen molar-refractivity contribution in [2.75, 3.05) is 13.6 Å². The molecule has 0 saturated carbocycles. The van der Waals surface area contributed by atoms with Crippen molar-refractivity contribution in [3.8, 4) is 0 Å². The van der Waals surface area contributed by atoms with Crippen molar-refractivity contribution in [1.82, 2.24) is 10.2 Å². The minimum atomic E-state index is -0.398. The van der Waals surface area contributed by atoms with E-state index in [1.54, 1.807) is 0 Å². The number of hydrogen-bond acceptors (Lipinski definition) is 3. The lowest BCUT2D eigenvalue weighted by atomic mass is 9.79. The lowest BCUT2D eigenvalue weighted by molar-refractivity contribution is -0.131. The molecule has 0 heterocycles. The highest BCUT2D eigenvalue weighted by Gasteiger charge is 2.32. The Hall–Kier alpha value is -0.610. The van der Waals surface area contributed by atoms with E-state index in [0.29, 0.717) is 6.42 Å². The van der Waals surface area contributed by atoms with E-state index >= 15 is 0 Å². The molecule has 3 N–H and O–H groups in total. The molecule has 114 valence electrons. The molecule has 0 aromatic rings. The van der Waals surface area contributed by atoms with E-state index in [1.165, 1.54) is 0 Å². The molecule has 0 aliphatic heterocycles. The van der Waals surface area contributed by atoms with Crippen LogP contribution in [-0.2, 0) is 4.79 Å². The summed E-state index contributed by atoms with van der Waals surface area (Å²) < 4.78 is 0. The number of hydrogen-bond donors (Lipinski definition) is 2. The molecule has 0 saturated heterocycles. The highest BCUT2D eigenvalue weighted by atomic mass is 16.2. The van der Waals surface area contributed by atoms with Gasteiger partial charge in [0.05, 0.1) is 5.66 Å². The zero-order chi connectivity index (χ0) is 15.5. The molecule has 0 rings (SSSR count). The SMILES string of the molecule is CCC(=O)N(C)CC(C)(C)CC(C)(C)NC(C)(C)N. The maximum atomic E-state index is 11.7. The largest absolute Gasteiger partial charge is 0.345 e. The fraction of sp³-hybridized carbons (Fsp3) is 0.933. The van der Waals surface area contributed by atoms with Crippen molar-refractivity contribution >= 4 is 5.91 Å². The lowest BCUT2D eigenvalue weighted by Gasteiger charge is -2.41. The first-order valence-corrected chi connectivity index (χ1v) is 7.10. The van der Waals surface area contributed by atoms with Gasteiger partial charge in [0.2, 0.25) is 5.91 Å².